The molecule has 2 N–H and O–H groups in total. The van der Waals surface area contributed by atoms with Crippen LogP contribution in [-0.4, -0.2) is 66.3 Å². The zero-order valence-corrected chi connectivity index (χ0v) is 15.4. The SMILES string of the molecule is COC1C(C(CC(=O)O)NC(=O)OC(C)(C)C)OC2OC(C)(C)OC21. The summed E-state index contributed by atoms with van der Waals surface area (Å²) in [5.74, 6) is -1.91. The number of hydrogen-bond donors (Lipinski definition) is 2. The number of fused-ring (bicyclic) bond motifs is 1. The fraction of sp³-hybridized carbons (Fsp3) is 0.875. The molecule has 2 saturated heterocycles. The van der Waals surface area contributed by atoms with Crippen LogP contribution in [0.5, 0.6) is 0 Å². The molecule has 0 saturated carbocycles. The Morgan fingerprint density at radius 3 is 2.44 bits per heavy atom. The van der Waals surface area contributed by atoms with Crippen LogP contribution in [0, 0.1) is 0 Å². The molecular formula is C16H27NO8. The molecule has 144 valence electrons. The van der Waals surface area contributed by atoms with Crippen molar-refractivity contribution in [2.45, 2.75) is 83.1 Å². The standard InChI is InChI=1S/C16H27NO8/c1-15(2,3)25-14(20)17-8(7-9(18)19)10-11(21-6)12-13(22-10)24-16(4,5)23-12/h8,10-13H,7H2,1-6H3,(H,17,20)(H,18,19). The molecule has 2 aliphatic rings. The average molecular weight is 361 g/mol. The Kier molecular flexibility index (Phi) is 5.62. The van der Waals surface area contributed by atoms with E-state index in [1.54, 1.807) is 34.6 Å². The predicted octanol–water partition coefficient (Wildman–Crippen LogP) is 1.25. The van der Waals surface area contributed by atoms with Gasteiger partial charge in [0, 0.05) is 7.11 Å². The zero-order valence-electron chi connectivity index (χ0n) is 15.4. The molecule has 0 aromatic rings. The molecule has 0 aromatic heterocycles. The highest BCUT2D eigenvalue weighted by molar-refractivity contribution is 5.71. The molecule has 0 aromatic carbocycles. The van der Waals surface area contributed by atoms with Crippen LogP contribution in [-0.2, 0) is 28.5 Å². The van der Waals surface area contributed by atoms with Crippen LogP contribution in [0.2, 0.25) is 0 Å². The molecule has 9 nitrogen and oxygen atoms in total. The Morgan fingerprint density at radius 1 is 1.28 bits per heavy atom. The highest BCUT2D eigenvalue weighted by Gasteiger charge is 2.57. The van der Waals surface area contributed by atoms with Crippen molar-refractivity contribution in [3.8, 4) is 0 Å². The number of amides is 1. The lowest BCUT2D eigenvalue weighted by Gasteiger charge is -2.30. The van der Waals surface area contributed by atoms with E-state index in [1.807, 2.05) is 0 Å². The van der Waals surface area contributed by atoms with Crippen LogP contribution in [0.3, 0.4) is 0 Å². The second-order valence-corrected chi connectivity index (χ2v) is 7.62. The van der Waals surface area contributed by atoms with E-state index in [0.717, 1.165) is 0 Å². The summed E-state index contributed by atoms with van der Waals surface area (Å²) in [5, 5.41) is 11.7. The van der Waals surface area contributed by atoms with Gasteiger partial charge in [-0.2, -0.15) is 0 Å². The largest absolute Gasteiger partial charge is 0.481 e. The molecule has 0 spiro atoms. The number of aliphatic carboxylic acids is 1. The fourth-order valence-corrected chi connectivity index (χ4v) is 2.99. The monoisotopic (exact) mass is 361 g/mol. The van der Waals surface area contributed by atoms with Gasteiger partial charge in [-0.15, -0.1) is 0 Å². The lowest BCUT2D eigenvalue weighted by molar-refractivity contribution is -0.220. The lowest BCUT2D eigenvalue weighted by Crippen LogP contribution is -2.52. The summed E-state index contributed by atoms with van der Waals surface area (Å²) < 4.78 is 27.9. The fourth-order valence-electron chi connectivity index (χ4n) is 2.99. The Balaban J connectivity index is 2.12. The maximum absolute atomic E-state index is 12.1. The van der Waals surface area contributed by atoms with Gasteiger partial charge in [0.25, 0.3) is 0 Å². The number of hydrogen-bond acceptors (Lipinski definition) is 7. The van der Waals surface area contributed by atoms with Crippen LogP contribution >= 0.6 is 0 Å². The number of carbonyl (C=O) groups excluding carboxylic acids is 1. The van der Waals surface area contributed by atoms with Crippen LogP contribution < -0.4 is 5.32 Å². The normalized spacial score (nSPS) is 32.1. The molecule has 2 rings (SSSR count). The molecular weight excluding hydrogens is 334 g/mol. The summed E-state index contributed by atoms with van der Waals surface area (Å²) in [4.78, 5) is 23.3. The van der Waals surface area contributed by atoms with Gasteiger partial charge in [0.1, 0.15) is 23.9 Å². The number of rotatable bonds is 5. The molecule has 0 bridgehead atoms. The topological polar surface area (TPSA) is 113 Å². The minimum Gasteiger partial charge on any atom is -0.481 e. The van der Waals surface area contributed by atoms with Gasteiger partial charge < -0.3 is 34.1 Å². The smallest absolute Gasteiger partial charge is 0.407 e. The number of carbonyl (C=O) groups is 2. The van der Waals surface area contributed by atoms with Gasteiger partial charge in [-0.1, -0.05) is 0 Å². The Bertz CT molecular complexity index is 515. The van der Waals surface area contributed by atoms with Gasteiger partial charge in [0.05, 0.1) is 12.5 Å². The lowest BCUT2D eigenvalue weighted by atomic mass is 10.0. The van der Waals surface area contributed by atoms with Gasteiger partial charge in [-0.25, -0.2) is 4.79 Å². The van der Waals surface area contributed by atoms with Crippen LogP contribution in [0.15, 0.2) is 0 Å². The third-order valence-corrected chi connectivity index (χ3v) is 3.79. The summed E-state index contributed by atoms with van der Waals surface area (Å²) in [6.07, 6.45) is -3.63. The van der Waals surface area contributed by atoms with E-state index < -0.39 is 54.1 Å². The van der Waals surface area contributed by atoms with E-state index in [9.17, 15) is 14.7 Å². The third kappa shape index (κ3) is 5.04. The van der Waals surface area contributed by atoms with E-state index in [0.29, 0.717) is 0 Å². The van der Waals surface area contributed by atoms with Crippen molar-refractivity contribution in [3.05, 3.63) is 0 Å². The quantitative estimate of drug-likeness (QED) is 0.752. The zero-order chi connectivity index (χ0) is 19.0. The van der Waals surface area contributed by atoms with Crippen LogP contribution in [0.4, 0.5) is 4.79 Å². The van der Waals surface area contributed by atoms with Crippen molar-refractivity contribution in [3.63, 3.8) is 0 Å². The molecule has 1 amide bonds. The Hall–Kier alpha value is -1.42. The first-order valence-corrected chi connectivity index (χ1v) is 8.17. The van der Waals surface area contributed by atoms with E-state index in [-0.39, 0.29) is 6.42 Å². The number of nitrogens with one attached hydrogen (secondary N) is 1. The molecule has 2 fully saturated rings. The van der Waals surface area contributed by atoms with Crippen molar-refractivity contribution >= 4 is 12.1 Å². The summed E-state index contributed by atoms with van der Waals surface area (Å²) in [6.45, 7) is 8.67. The third-order valence-electron chi connectivity index (χ3n) is 3.79. The molecule has 5 unspecified atom stereocenters. The Morgan fingerprint density at radius 2 is 1.92 bits per heavy atom. The van der Waals surface area contributed by atoms with Gasteiger partial charge in [0.2, 0.25) is 0 Å². The van der Waals surface area contributed by atoms with E-state index in [2.05, 4.69) is 5.32 Å². The number of alkyl carbamates (subject to hydrolysis) is 1. The van der Waals surface area contributed by atoms with Crippen molar-refractivity contribution < 1.29 is 38.4 Å². The number of methoxy groups -OCH3 is 1. The molecule has 9 heteroatoms. The molecule has 0 radical (unpaired) electrons. The molecule has 2 aliphatic heterocycles. The first-order valence-electron chi connectivity index (χ1n) is 8.17. The van der Waals surface area contributed by atoms with Crippen molar-refractivity contribution in [2.75, 3.05) is 7.11 Å². The summed E-state index contributed by atoms with van der Waals surface area (Å²) in [5.41, 5.74) is -0.707. The summed E-state index contributed by atoms with van der Waals surface area (Å²) in [6, 6.07) is -0.863. The number of carboxylic acids is 1. The van der Waals surface area contributed by atoms with Gasteiger partial charge >= 0.3 is 12.1 Å². The number of ether oxygens (including phenoxy) is 5. The van der Waals surface area contributed by atoms with Crippen LogP contribution in [0.1, 0.15) is 41.0 Å². The average Bonchev–Trinajstić information content (AvgIpc) is 2.86. The highest BCUT2D eigenvalue weighted by Crippen LogP contribution is 2.39. The van der Waals surface area contributed by atoms with Gasteiger partial charge in [-0.05, 0) is 34.6 Å². The molecule has 5 atom stereocenters. The first kappa shape index (κ1) is 19.9. The second kappa shape index (κ2) is 7.06. The van der Waals surface area contributed by atoms with E-state index >= 15 is 0 Å². The second-order valence-electron chi connectivity index (χ2n) is 7.62. The minimum atomic E-state index is -1.08. The van der Waals surface area contributed by atoms with Crippen molar-refractivity contribution in [2.24, 2.45) is 0 Å². The maximum Gasteiger partial charge on any atom is 0.407 e. The number of carboxylic acid groups (broad SMARTS) is 1. The highest BCUT2D eigenvalue weighted by atomic mass is 16.8. The van der Waals surface area contributed by atoms with Crippen molar-refractivity contribution in [1.29, 1.82) is 0 Å². The van der Waals surface area contributed by atoms with Gasteiger partial charge in [0.15, 0.2) is 12.1 Å². The predicted molar refractivity (Wildman–Crippen MR) is 84.9 cm³/mol. The molecule has 2 heterocycles. The molecule has 0 aliphatic carbocycles. The first-order chi connectivity index (χ1) is 11.4. The molecule has 25 heavy (non-hydrogen) atoms. The van der Waals surface area contributed by atoms with E-state index in [1.165, 1.54) is 7.11 Å². The van der Waals surface area contributed by atoms with Crippen LogP contribution in [0.25, 0.3) is 0 Å². The maximum atomic E-state index is 12.1. The summed E-state index contributed by atoms with van der Waals surface area (Å²) >= 11 is 0. The summed E-state index contributed by atoms with van der Waals surface area (Å²) in [7, 11) is 1.48. The van der Waals surface area contributed by atoms with Gasteiger partial charge in [-0.3, -0.25) is 4.79 Å². The van der Waals surface area contributed by atoms with E-state index in [4.69, 9.17) is 23.7 Å². The Labute approximate surface area is 146 Å². The van der Waals surface area contributed by atoms with Crippen molar-refractivity contribution in [1.82, 2.24) is 5.32 Å². The minimum absolute atomic E-state index is 0.355.